The van der Waals surface area contributed by atoms with Crippen molar-refractivity contribution >= 4 is 44.9 Å². The van der Waals surface area contributed by atoms with E-state index in [1.807, 2.05) is 50.6 Å². The number of rotatable bonds is 5. The number of amides is 1. The van der Waals surface area contributed by atoms with Crippen molar-refractivity contribution in [3.05, 3.63) is 61.8 Å². The van der Waals surface area contributed by atoms with Crippen LogP contribution < -0.4 is 10.9 Å². The van der Waals surface area contributed by atoms with Crippen LogP contribution in [-0.2, 0) is 12.8 Å². The fourth-order valence-corrected chi connectivity index (χ4v) is 5.18. The number of nitrogens with zero attached hydrogens (tertiary/aromatic N) is 4. The highest BCUT2D eigenvalue weighted by Crippen LogP contribution is 2.29. The Morgan fingerprint density at radius 2 is 2.00 bits per heavy atom. The van der Waals surface area contributed by atoms with E-state index in [9.17, 15) is 9.59 Å². The van der Waals surface area contributed by atoms with Gasteiger partial charge in [0.15, 0.2) is 5.16 Å². The Morgan fingerprint density at radius 1 is 1.23 bits per heavy atom. The highest BCUT2D eigenvalue weighted by atomic mass is 32.2. The number of fused-ring (bicyclic) bond motifs is 1. The molecule has 31 heavy (non-hydrogen) atoms. The Kier molecular flexibility index (Phi) is 5.67. The second-order valence-electron chi connectivity index (χ2n) is 7.40. The monoisotopic (exact) mass is 454 g/mol. The molecule has 4 aromatic rings. The minimum atomic E-state index is -0.242. The van der Waals surface area contributed by atoms with E-state index in [-0.39, 0.29) is 11.5 Å². The molecule has 3 heterocycles. The highest BCUT2D eigenvalue weighted by Gasteiger charge is 2.20. The lowest BCUT2D eigenvalue weighted by molar-refractivity contribution is 0.103. The number of aryl methyl sites for hydroxylation is 4. The standard InChI is InChI=1S/C21H22N6O2S2/c1-10-6-7-14(11(2)8-10)22-19(29)17-12(3)16-18(28)23-15(24-20(16)31-17)9-30-21-26-25-13(4)27(21)5/h6-8H,9H2,1-5H3,(H,22,29)(H,23,24,28). The van der Waals surface area contributed by atoms with E-state index in [1.165, 1.54) is 23.1 Å². The first-order valence-electron chi connectivity index (χ1n) is 9.64. The van der Waals surface area contributed by atoms with Gasteiger partial charge < -0.3 is 14.9 Å². The molecule has 0 aliphatic heterocycles. The van der Waals surface area contributed by atoms with Crippen molar-refractivity contribution in [2.45, 2.75) is 38.6 Å². The number of aromatic nitrogens is 5. The molecule has 1 aromatic carbocycles. The number of anilines is 1. The van der Waals surface area contributed by atoms with Gasteiger partial charge in [0.25, 0.3) is 11.5 Å². The van der Waals surface area contributed by atoms with Gasteiger partial charge in [0.2, 0.25) is 0 Å². The van der Waals surface area contributed by atoms with Crippen LogP contribution in [0.5, 0.6) is 0 Å². The van der Waals surface area contributed by atoms with E-state index < -0.39 is 0 Å². The molecule has 0 aliphatic rings. The van der Waals surface area contributed by atoms with Crippen molar-refractivity contribution in [1.29, 1.82) is 0 Å². The summed E-state index contributed by atoms with van der Waals surface area (Å²) in [5.74, 6) is 1.55. The van der Waals surface area contributed by atoms with Gasteiger partial charge in [-0.1, -0.05) is 29.5 Å². The fraction of sp³-hybridized carbons (Fsp3) is 0.286. The summed E-state index contributed by atoms with van der Waals surface area (Å²) in [6, 6.07) is 5.86. The number of hydrogen-bond donors (Lipinski definition) is 2. The van der Waals surface area contributed by atoms with E-state index in [2.05, 4.69) is 25.5 Å². The van der Waals surface area contributed by atoms with E-state index in [4.69, 9.17) is 0 Å². The van der Waals surface area contributed by atoms with Gasteiger partial charge in [-0.25, -0.2) is 4.98 Å². The number of thioether (sulfide) groups is 1. The summed E-state index contributed by atoms with van der Waals surface area (Å²) in [7, 11) is 1.89. The summed E-state index contributed by atoms with van der Waals surface area (Å²) in [5.41, 5.74) is 3.27. The van der Waals surface area contributed by atoms with E-state index in [0.29, 0.717) is 32.2 Å². The summed E-state index contributed by atoms with van der Waals surface area (Å²) < 4.78 is 1.88. The molecule has 0 unspecified atom stereocenters. The molecular weight excluding hydrogens is 432 g/mol. The quantitative estimate of drug-likeness (QED) is 0.443. The van der Waals surface area contributed by atoms with Crippen LogP contribution in [0.4, 0.5) is 5.69 Å². The predicted molar refractivity (Wildman–Crippen MR) is 124 cm³/mol. The van der Waals surface area contributed by atoms with Crippen LogP contribution in [0.2, 0.25) is 0 Å². The molecule has 0 spiro atoms. The van der Waals surface area contributed by atoms with Gasteiger partial charge in [-0.05, 0) is 44.9 Å². The Balaban J connectivity index is 1.61. The van der Waals surface area contributed by atoms with E-state index >= 15 is 0 Å². The summed E-state index contributed by atoms with van der Waals surface area (Å²) in [6.45, 7) is 7.62. The smallest absolute Gasteiger partial charge is 0.266 e. The maximum atomic E-state index is 12.9. The summed E-state index contributed by atoms with van der Waals surface area (Å²) >= 11 is 2.67. The van der Waals surface area contributed by atoms with Crippen LogP contribution in [-0.4, -0.2) is 30.6 Å². The number of thiophene rings is 1. The molecule has 0 aliphatic carbocycles. The van der Waals surface area contributed by atoms with Gasteiger partial charge in [-0.2, -0.15) is 0 Å². The SMILES string of the molecule is Cc1ccc(NC(=O)c2sc3nc(CSc4nnc(C)n4C)[nH]c(=O)c3c2C)c(C)c1. The molecule has 10 heteroatoms. The Hall–Kier alpha value is -2.98. The number of nitrogens with one attached hydrogen (secondary N) is 2. The van der Waals surface area contributed by atoms with Crippen LogP contribution in [0.15, 0.2) is 28.2 Å². The topological polar surface area (TPSA) is 106 Å². The molecule has 0 radical (unpaired) electrons. The Labute approximate surface area is 187 Å². The van der Waals surface area contributed by atoms with Gasteiger partial charge >= 0.3 is 0 Å². The number of benzene rings is 1. The first-order chi connectivity index (χ1) is 14.7. The largest absolute Gasteiger partial charge is 0.321 e. The van der Waals surface area contributed by atoms with Gasteiger partial charge in [-0.3, -0.25) is 9.59 Å². The number of hydrogen-bond acceptors (Lipinski definition) is 7. The molecule has 160 valence electrons. The van der Waals surface area contributed by atoms with Gasteiger partial charge in [0, 0.05) is 12.7 Å². The lowest BCUT2D eigenvalue weighted by atomic mass is 10.1. The third kappa shape index (κ3) is 4.13. The molecule has 0 saturated carbocycles. The van der Waals surface area contributed by atoms with E-state index in [0.717, 1.165) is 27.8 Å². The van der Waals surface area contributed by atoms with E-state index in [1.54, 1.807) is 6.92 Å². The zero-order chi connectivity index (χ0) is 22.3. The maximum Gasteiger partial charge on any atom is 0.266 e. The number of H-pyrrole nitrogens is 1. The minimum absolute atomic E-state index is 0.239. The van der Waals surface area contributed by atoms with Crippen molar-refractivity contribution in [3.8, 4) is 0 Å². The van der Waals surface area contributed by atoms with Crippen LogP contribution in [0.1, 0.15) is 38.0 Å². The molecule has 3 aromatic heterocycles. The van der Waals surface area contributed by atoms with Gasteiger partial charge in [-0.15, -0.1) is 21.5 Å². The number of aromatic amines is 1. The second-order valence-corrected chi connectivity index (χ2v) is 9.34. The number of carbonyl (C=O) groups is 1. The second kappa shape index (κ2) is 8.27. The van der Waals surface area contributed by atoms with Crippen LogP contribution in [0, 0.1) is 27.7 Å². The average molecular weight is 455 g/mol. The first kappa shape index (κ1) is 21.3. The molecule has 0 atom stereocenters. The van der Waals surface area contributed by atoms with Crippen molar-refractivity contribution < 1.29 is 4.79 Å². The van der Waals surface area contributed by atoms with Gasteiger partial charge in [0.1, 0.15) is 16.5 Å². The Morgan fingerprint density at radius 3 is 2.68 bits per heavy atom. The van der Waals surface area contributed by atoms with Crippen molar-refractivity contribution in [3.63, 3.8) is 0 Å². The third-order valence-corrected chi connectivity index (χ3v) is 7.29. The van der Waals surface area contributed by atoms with Crippen molar-refractivity contribution in [1.82, 2.24) is 24.7 Å². The average Bonchev–Trinajstić information content (AvgIpc) is 3.22. The first-order valence-corrected chi connectivity index (χ1v) is 11.4. The van der Waals surface area contributed by atoms with Crippen LogP contribution in [0.3, 0.4) is 0 Å². The predicted octanol–water partition coefficient (Wildman–Crippen LogP) is 3.89. The molecule has 1 amide bonds. The Bertz CT molecular complexity index is 1370. The summed E-state index contributed by atoms with van der Waals surface area (Å²) in [6.07, 6.45) is 0. The normalized spacial score (nSPS) is 11.3. The molecule has 0 saturated heterocycles. The highest BCUT2D eigenvalue weighted by molar-refractivity contribution is 7.98. The molecular formula is C21H22N6O2S2. The molecule has 0 fully saturated rings. The zero-order valence-corrected chi connectivity index (χ0v) is 19.5. The lowest BCUT2D eigenvalue weighted by Crippen LogP contribution is -2.13. The lowest BCUT2D eigenvalue weighted by Gasteiger charge is -2.08. The van der Waals surface area contributed by atoms with Crippen molar-refractivity contribution in [2.24, 2.45) is 7.05 Å². The minimum Gasteiger partial charge on any atom is -0.321 e. The summed E-state index contributed by atoms with van der Waals surface area (Å²) in [5, 5.41) is 12.3. The number of carbonyl (C=O) groups excluding carboxylic acids is 1. The summed E-state index contributed by atoms with van der Waals surface area (Å²) in [4.78, 5) is 34.1. The molecule has 8 nitrogen and oxygen atoms in total. The van der Waals surface area contributed by atoms with Crippen LogP contribution in [0.25, 0.3) is 10.2 Å². The van der Waals surface area contributed by atoms with Crippen LogP contribution >= 0.6 is 23.1 Å². The fourth-order valence-electron chi connectivity index (χ4n) is 3.25. The zero-order valence-electron chi connectivity index (χ0n) is 17.9. The third-order valence-electron chi connectivity index (χ3n) is 5.08. The molecule has 2 N–H and O–H groups in total. The van der Waals surface area contributed by atoms with Crippen molar-refractivity contribution in [2.75, 3.05) is 5.32 Å². The maximum absolute atomic E-state index is 12.9. The molecule has 0 bridgehead atoms. The van der Waals surface area contributed by atoms with Gasteiger partial charge in [0.05, 0.1) is 16.0 Å². The molecule has 4 rings (SSSR count).